The van der Waals surface area contributed by atoms with Gasteiger partial charge in [0.25, 0.3) is 0 Å². The van der Waals surface area contributed by atoms with Crippen molar-refractivity contribution in [2.45, 2.75) is 27.7 Å². The first-order chi connectivity index (χ1) is 4.93. The van der Waals surface area contributed by atoms with Gasteiger partial charge in [-0.1, -0.05) is 25.5 Å². The Morgan fingerprint density at radius 1 is 1.27 bits per heavy atom. The quantitative estimate of drug-likeness (QED) is 0.518. The summed E-state index contributed by atoms with van der Waals surface area (Å²) in [6.07, 6.45) is 3.76. The first kappa shape index (κ1) is 8.25. The highest BCUT2D eigenvalue weighted by atomic mass is 16.1. The van der Waals surface area contributed by atoms with Crippen molar-refractivity contribution in [3.63, 3.8) is 0 Å². The molecule has 0 amide bonds. The van der Waals surface area contributed by atoms with E-state index in [1.807, 2.05) is 19.9 Å². The van der Waals surface area contributed by atoms with E-state index in [0.717, 1.165) is 11.1 Å². The van der Waals surface area contributed by atoms with Gasteiger partial charge in [-0.25, -0.2) is 0 Å². The highest BCUT2D eigenvalue weighted by Gasteiger charge is 2.23. The molecule has 0 atom stereocenters. The van der Waals surface area contributed by atoms with Crippen LogP contribution < -0.4 is 0 Å². The summed E-state index contributed by atoms with van der Waals surface area (Å²) in [4.78, 5) is 11.1. The normalized spacial score (nSPS) is 22.7. The fourth-order valence-corrected chi connectivity index (χ4v) is 1.22. The minimum absolute atomic E-state index is 0.0675. The van der Waals surface area contributed by atoms with Crippen LogP contribution in [-0.2, 0) is 4.79 Å². The SMILES string of the molecule is CC1=CC(C)(C)C(C)=CC1=O. The molecule has 0 fully saturated rings. The number of carbonyl (C=O) groups excluding carboxylic acids is 1. The maximum absolute atomic E-state index is 11.1. The van der Waals surface area contributed by atoms with Crippen LogP contribution in [0.2, 0.25) is 0 Å². The molecule has 1 aliphatic carbocycles. The zero-order chi connectivity index (χ0) is 8.65. The number of rotatable bonds is 0. The monoisotopic (exact) mass is 150 g/mol. The summed E-state index contributed by atoms with van der Waals surface area (Å²) in [5, 5.41) is 0. The van der Waals surface area contributed by atoms with Crippen molar-refractivity contribution in [2.75, 3.05) is 0 Å². The van der Waals surface area contributed by atoms with Gasteiger partial charge in [0.1, 0.15) is 0 Å². The van der Waals surface area contributed by atoms with Crippen LogP contribution in [0.25, 0.3) is 0 Å². The Morgan fingerprint density at radius 3 is 2.27 bits per heavy atom. The third kappa shape index (κ3) is 1.42. The van der Waals surface area contributed by atoms with Gasteiger partial charge < -0.3 is 0 Å². The largest absolute Gasteiger partial charge is 0.290 e. The van der Waals surface area contributed by atoms with Gasteiger partial charge in [-0.15, -0.1) is 0 Å². The second kappa shape index (κ2) is 2.33. The van der Waals surface area contributed by atoms with Gasteiger partial charge in [0.05, 0.1) is 0 Å². The summed E-state index contributed by atoms with van der Waals surface area (Å²) in [6, 6.07) is 0. The van der Waals surface area contributed by atoms with Crippen LogP contribution in [0.3, 0.4) is 0 Å². The molecule has 0 N–H and O–H groups in total. The average molecular weight is 150 g/mol. The maximum Gasteiger partial charge on any atom is 0.181 e. The van der Waals surface area contributed by atoms with E-state index < -0.39 is 0 Å². The summed E-state index contributed by atoms with van der Waals surface area (Å²) >= 11 is 0. The van der Waals surface area contributed by atoms with E-state index in [2.05, 4.69) is 13.8 Å². The fourth-order valence-electron chi connectivity index (χ4n) is 1.22. The second-order valence-electron chi connectivity index (χ2n) is 3.74. The van der Waals surface area contributed by atoms with Gasteiger partial charge >= 0.3 is 0 Å². The van der Waals surface area contributed by atoms with Crippen molar-refractivity contribution in [3.05, 3.63) is 23.3 Å². The molecule has 0 heterocycles. The molecule has 0 saturated carbocycles. The van der Waals surface area contributed by atoms with E-state index in [-0.39, 0.29) is 11.2 Å². The molecule has 0 aliphatic heterocycles. The van der Waals surface area contributed by atoms with Gasteiger partial charge in [-0.3, -0.25) is 4.79 Å². The fraction of sp³-hybridized carbons (Fsp3) is 0.500. The predicted octanol–water partition coefficient (Wildman–Crippen LogP) is 2.49. The third-order valence-electron chi connectivity index (χ3n) is 2.33. The van der Waals surface area contributed by atoms with Crippen molar-refractivity contribution < 1.29 is 4.79 Å². The van der Waals surface area contributed by atoms with Gasteiger partial charge in [0.2, 0.25) is 0 Å². The van der Waals surface area contributed by atoms with Crippen LogP contribution in [0, 0.1) is 5.41 Å². The molecule has 0 bridgehead atoms. The summed E-state index contributed by atoms with van der Waals surface area (Å²) in [5.74, 6) is 0.154. The minimum atomic E-state index is 0.0675. The Bertz CT molecular complexity index is 254. The smallest absolute Gasteiger partial charge is 0.181 e. The molecule has 0 spiro atoms. The van der Waals surface area contributed by atoms with Crippen molar-refractivity contribution in [3.8, 4) is 0 Å². The molecule has 1 rings (SSSR count). The lowest BCUT2D eigenvalue weighted by atomic mass is 9.79. The topological polar surface area (TPSA) is 17.1 Å². The summed E-state index contributed by atoms with van der Waals surface area (Å²) in [6.45, 7) is 8.11. The number of carbonyl (C=O) groups is 1. The number of ketones is 1. The standard InChI is InChI=1S/C10H14O/c1-7-6-10(3,4)8(2)5-9(7)11/h5-6H,1-4H3. The van der Waals surface area contributed by atoms with E-state index in [0.29, 0.717) is 0 Å². The van der Waals surface area contributed by atoms with Crippen LogP contribution in [-0.4, -0.2) is 5.78 Å². The molecule has 0 saturated heterocycles. The third-order valence-corrected chi connectivity index (χ3v) is 2.33. The van der Waals surface area contributed by atoms with Crippen molar-refractivity contribution in [1.29, 1.82) is 0 Å². The average Bonchev–Trinajstić information content (AvgIpc) is 1.83. The number of allylic oxidation sites excluding steroid dienone is 4. The van der Waals surface area contributed by atoms with Crippen LogP contribution in [0.4, 0.5) is 0 Å². The lowest BCUT2D eigenvalue weighted by Crippen LogP contribution is -2.17. The lowest BCUT2D eigenvalue weighted by molar-refractivity contribution is -0.111. The molecule has 0 radical (unpaired) electrons. The molecule has 1 aliphatic rings. The zero-order valence-electron chi connectivity index (χ0n) is 7.56. The molecule has 1 nitrogen and oxygen atoms in total. The van der Waals surface area contributed by atoms with Gasteiger partial charge in [0.15, 0.2) is 5.78 Å². The first-order valence-corrected chi connectivity index (χ1v) is 3.86. The Hall–Kier alpha value is -0.850. The predicted molar refractivity (Wildman–Crippen MR) is 46.3 cm³/mol. The van der Waals surface area contributed by atoms with E-state index >= 15 is 0 Å². The lowest BCUT2D eigenvalue weighted by Gasteiger charge is -2.25. The molecule has 11 heavy (non-hydrogen) atoms. The highest BCUT2D eigenvalue weighted by Crippen LogP contribution is 2.32. The van der Waals surface area contributed by atoms with Gasteiger partial charge in [-0.05, 0) is 25.5 Å². The molecular weight excluding hydrogens is 136 g/mol. The zero-order valence-corrected chi connectivity index (χ0v) is 7.56. The molecular formula is C10H14O. The summed E-state index contributed by atoms with van der Waals surface area (Å²) in [7, 11) is 0. The van der Waals surface area contributed by atoms with E-state index in [1.54, 1.807) is 6.08 Å². The first-order valence-electron chi connectivity index (χ1n) is 3.86. The summed E-state index contributed by atoms with van der Waals surface area (Å²) in [5.41, 5.74) is 2.08. The summed E-state index contributed by atoms with van der Waals surface area (Å²) < 4.78 is 0. The Labute approximate surface area is 67.8 Å². The number of hydrogen-bond donors (Lipinski definition) is 0. The van der Waals surface area contributed by atoms with Crippen molar-refractivity contribution in [2.24, 2.45) is 5.41 Å². The molecule has 60 valence electrons. The van der Waals surface area contributed by atoms with Crippen molar-refractivity contribution in [1.82, 2.24) is 0 Å². The van der Waals surface area contributed by atoms with Crippen LogP contribution in [0.15, 0.2) is 23.3 Å². The minimum Gasteiger partial charge on any atom is -0.290 e. The maximum atomic E-state index is 11.1. The van der Waals surface area contributed by atoms with Crippen LogP contribution >= 0.6 is 0 Å². The highest BCUT2D eigenvalue weighted by molar-refractivity contribution is 6.05. The Kier molecular flexibility index (Phi) is 1.75. The molecule has 0 aromatic heterocycles. The van der Waals surface area contributed by atoms with E-state index in [1.165, 1.54) is 0 Å². The van der Waals surface area contributed by atoms with E-state index in [9.17, 15) is 4.79 Å². The van der Waals surface area contributed by atoms with Gasteiger partial charge in [-0.2, -0.15) is 0 Å². The molecule has 0 unspecified atom stereocenters. The van der Waals surface area contributed by atoms with Gasteiger partial charge in [0, 0.05) is 5.41 Å². The second-order valence-corrected chi connectivity index (χ2v) is 3.74. The number of hydrogen-bond acceptors (Lipinski definition) is 1. The molecule has 0 aromatic rings. The van der Waals surface area contributed by atoms with E-state index in [4.69, 9.17) is 0 Å². The Morgan fingerprint density at radius 2 is 1.82 bits per heavy atom. The van der Waals surface area contributed by atoms with Crippen LogP contribution in [0.5, 0.6) is 0 Å². The Balaban J connectivity index is 3.08. The molecule has 1 heteroatoms. The van der Waals surface area contributed by atoms with Crippen molar-refractivity contribution >= 4 is 5.78 Å². The van der Waals surface area contributed by atoms with Crippen LogP contribution in [0.1, 0.15) is 27.7 Å². The molecule has 0 aromatic carbocycles.